The van der Waals surface area contributed by atoms with E-state index in [1.807, 2.05) is 37.8 Å². The standard InChI is InChI=1S/C15H20BrN3O.ClH/c1-2-20-15-5-4-14(16)10-13(15)11-17-6-3-8-19-9-7-18-12-19;/h4-5,7,9-10,12,17H,2-3,6,8,11H2,1H3;1H. The van der Waals surface area contributed by atoms with Crippen molar-refractivity contribution in [2.75, 3.05) is 13.2 Å². The average molecular weight is 375 g/mol. The molecule has 0 amide bonds. The first kappa shape index (κ1) is 18.0. The summed E-state index contributed by atoms with van der Waals surface area (Å²) in [5.41, 5.74) is 1.18. The van der Waals surface area contributed by atoms with Crippen LogP contribution in [0.3, 0.4) is 0 Å². The van der Waals surface area contributed by atoms with Gasteiger partial charge in [-0.1, -0.05) is 15.9 Å². The molecule has 2 rings (SSSR count). The van der Waals surface area contributed by atoms with Crippen molar-refractivity contribution in [1.82, 2.24) is 14.9 Å². The van der Waals surface area contributed by atoms with Gasteiger partial charge in [-0.25, -0.2) is 4.98 Å². The van der Waals surface area contributed by atoms with Crippen molar-refractivity contribution < 1.29 is 4.74 Å². The zero-order valence-corrected chi connectivity index (χ0v) is 14.5. The van der Waals surface area contributed by atoms with Gasteiger partial charge < -0.3 is 14.6 Å². The quantitative estimate of drug-likeness (QED) is 0.717. The first-order valence-corrected chi connectivity index (χ1v) is 7.66. The smallest absolute Gasteiger partial charge is 0.123 e. The molecule has 21 heavy (non-hydrogen) atoms. The summed E-state index contributed by atoms with van der Waals surface area (Å²) in [7, 11) is 0. The third kappa shape index (κ3) is 6.08. The summed E-state index contributed by atoms with van der Waals surface area (Å²) < 4.78 is 8.80. The number of imidazole rings is 1. The second kappa shape index (κ2) is 9.82. The molecule has 6 heteroatoms. The Labute approximate surface area is 140 Å². The molecule has 0 spiro atoms. The van der Waals surface area contributed by atoms with Gasteiger partial charge in [-0.2, -0.15) is 0 Å². The van der Waals surface area contributed by atoms with E-state index in [1.165, 1.54) is 5.56 Å². The molecule has 0 fully saturated rings. The number of nitrogens with zero attached hydrogens (tertiary/aromatic N) is 2. The van der Waals surface area contributed by atoms with Crippen LogP contribution in [-0.2, 0) is 13.1 Å². The van der Waals surface area contributed by atoms with E-state index in [0.29, 0.717) is 6.61 Å². The first-order valence-electron chi connectivity index (χ1n) is 6.87. The van der Waals surface area contributed by atoms with Crippen LogP contribution < -0.4 is 10.1 Å². The van der Waals surface area contributed by atoms with Gasteiger partial charge >= 0.3 is 0 Å². The molecule has 1 heterocycles. The van der Waals surface area contributed by atoms with Crippen LogP contribution in [0.1, 0.15) is 18.9 Å². The second-order valence-electron chi connectivity index (χ2n) is 4.52. The lowest BCUT2D eigenvalue weighted by molar-refractivity contribution is 0.335. The van der Waals surface area contributed by atoms with Crippen molar-refractivity contribution in [3.63, 3.8) is 0 Å². The average Bonchev–Trinajstić information content (AvgIpc) is 2.94. The lowest BCUT2D eigenvalue weighted by atomic mass is 10.2. The molecular weight excluding hydrogens is 354 g/mol. The van der Waals surface area contributed by atoms with Gasteiger partial charge in [0.25, 0.3) is 0 Å². The zero-order valence-electron chi connectivity index (χ0n) is 12.1. The molecule has 0 bridgehead atoms. The number of ether oxygens (including phenoxy) is 1. The number of benzene rings is 1. The van der Waals surface area contributed by atoms with Crippen LogP contribution >= 0.6 is 28.3 Å². The van der Waals surface area contributed by atoms with E-state index < -0.39 is 0 Å². The van der Waals surface area contributed by atoms with Crippen LogP contribution in [0.2, 0.25) is 0 Å². The Morgan fingerprint density at radius 2 is 2.24 bits per heavy atom. The number of halogens is 2. The van der Waals surface area contributed by atoms with E-state index in [9.17, 15) is 0 Å². The van der Waals surface area contributed by atoms with Crippen molar-refractivity contribution in [3.05, 3.63) is 47.0 Å². The molecule has 0 aliphatic heterocycles. The lowest BCUT2D eigenvalue weighted by Crippen LogP contribution is -2.17. The van der Waals surface area contributed by atoms with Crippen molar-refractivity contribution in [2.24, 2.45) is 0 Å². The van der Waals surface area contributed by atoms with Crippen LogP contribution in [-0.4, -0.2) is 22.7 Å². The van der Waals surface area contributed by atoms with Crippen molar-refractivity contribution in [2.45, 2.75) is 26.4 Å². The van der Waals surface area contributed by atoms with E-state index >= 15 is 0 Å². The minimum atomic E-state index is 0. The summed E-state index contributed by atoms with van der Waals surface area (Å²) in [5, 5.41) is 3.46. The highest BCUT2D eigenvalue weighted by Crippen LogP contribution is 2.23. The molecule has 0 saturated carbocycles. The maximum Gasteiger partial charge on any atom is 0.123 e. The summed E-state index contributed by atoms with van der Waals surface area (Å²) in [6.45, 7) is 5.47. The van der Waals surface area contributed by atoms with Crippen LogP contribution in [0.25, 0.3) is 0 Å². The predicted octanol–water partition coefficient (Wildman–Crippen LogP) is 3.65. The van der Waals surface area contributed by atoms with E-state index in [0.717, 1.165) is 36.3 Å². The largest absolute Gasteiger partial charge is 0.494 e. The molecule has 0 unspecified atom stereocenters. The van der Waals surface area contributed by atoms with E-state index in [2.05, 4.69) is 36.9 Å². The molecule has 2 aromatic rings. The molecule has 0 radical (unpaired) electrons. The SMILES string of the molecule is CCOc1ccc(Br)cc1CNCCCn1ccnc1.Cl. The lowest BCUT2D eigenvalue weighted by Gasteiger charge is -2.11. The summed E-state index contributed by atoms with van der Waals surface area (Å²) in [6.07, 6.45) is 6.72. The predicted molar refractivity (Wildman–Crippen MR) is 91.1 cm³/mol. The molecule has 4 nitrogen and oxygen atoms in total. The third-order valence-electron chi connectivity index (χ3n) is 2.97. The molecule has 0 aliphatic carbocycles. The van der Waals surface area contributed by atoms with E-state index in [1.54, 1.807) is 0 Å². The number of hydrogen-bond acceptors (Lipinski definition) is 3. The number of aryl methyl sites for hydroxylation is 1. The minimum Gasteiger partial charge on any atom is -0.494 e. The van der Waals surface area contributed by atoms with Crippen molar-refractivity contribution in [1.29, 1.82) is 0 Å². The number of nitrogens with one attached hydrogen (secondary N) is 1. The Hall–Kier alpha value is -1.04. The number of aromatic nitrogens is 2. The Balaban J connectivity index is 0.00000220. The molecule has 1 N–H and O–H groups in total. The molecular formula is C15H21BrClN3O. The van der Waals surface area contributed by atoms with Gasteiger partial charge in [-0.15, -0.1) is 12.4 Å². The van der Waals surface area contributed by atoms with Crippen LogP contribution in [0, 0.1) is 0 Å². The maximum absolute atomic E-state index is 5.63. The zero-order chi connectivity index (χ0) is 14.2. The summed E-state index contributed by atoms with van der Waals surface area (Å²) in [6, 6.07) is 6.12. The molecule has 0 atom stereocenters. The fraction of sp³-hybridized carbons (Fsp3) is 0.400. The van der Waals surface area contributed by atoms with Crippen molar-refractivity contribution in [3.8, 4) is 5.75 Å². The molecule has 116 valence electrons. The highest BCUT2D eigenvalue weighted by atomic mass is 79.9. The van der Waals surface area contributed by atoms with Crippen LogP contribution in [0.15, 0.2) is 41.4 Å². The molecule has 1 aromatic heterocycles. The molecule has 0 aliphatic rings. The third-order valence-corrected chi connectivity index (χ3v) is 3.46. The van der Waals surface area contributed by atoms with Crippen LogP contribution in [0.4, 0.5) is 0 Å². The van der Waals surface area contributed by atoms with Gasteiger partial charge in [-0.05, 0) is 38.1 Å². The van der Waals surface area contributed by atoms with Crippen LogP contribution in [0.5, 0.6) is 5.75 Å². The van der Waals surface area contributed by atoms with Gasteiger partial charge in [0.05, 0.1) is 12.9 Å². The van der Waals surface area contributed by atoms with Crippen molar-refractivity contribution >= 4 is 28.3 Å². The monoisotopic (exact) mass is 373 g/mol. The van der Waals surface area contributed by atoms with Gasteiger partial charge in [0, 0.05) is 35.5 Å². The van der Waals surface area contributed by atoms with Gasteiger partial charge in [0.2, 0.25) is 0 Å². The molecule has 0 saturated heterocycles. The van der Waals surface area contributed by atoms with Gasteiger partial charge in [0.1, 0.15) is 5.75 Å². The minimum absolute atomic E-state index is 0. The highest BCUT2D eigenvalue weighted by Gasteiger charge is 2.03. The molecule has 1 aromatic carbocycles. The number of hydrogen-bond donors (Lipinski definition) is 1. The first-order chi connectivity index (χ1) is 9.79. The maximum atomic E-state index is 5.63. The Bertz CT molecular complexity index is 520. The van der Waals surface area contributed by atoms with Gasteiger partial charge in [0.15, 0.2) is 0 Å². The second-order valence-corrected chi connectivity index (χ2v) is 5.43. The topological polar surface area (TPSA) is 39.1 Å². The van der Waals surface area contributed by atoms with E-state index in [4.69, 9.17) is 4.74 Å². The Kier molecular flexibility index (Phi) is 8.42. The fourth-order valence-electron chi connectivity index (χ4n) is 2.01. The van der Waals surface area contributed by atoms with Gasteiger partial charge in [-0.3, -0.25) is 0 Å². The summed E-state index contributed by atoms with van der Waals surface area (Å²) in [5.74, 6) is 0.956. The number of rotatable bonds is 8. The highest BCUT2D eigenvalue weighted by molar-refractivity contribution is 9.10. The Morgan fingerprint density at radius 1 is 1.38 bits per heavy atom. The van der Waals surface area contributed by atoms with E-state index in [-0.39, 0.29) is 12.4 Å². The normalized spacial score (nSPS) is 10.2. The fourth-order valence-corrected chi connectivity index (χ4v) is 2.42. The summed E-state index contributed by atoms with van der Waals surface area (Å²) >= 11 is 3.50. The summed E-state index contributed by atoms with van der Waals surface area (Å²) in [4.78, 5) is 4.03. The Morgan fingerprint density at radius 3 is 2.95 bits per heavy atom.